The molecule has 1 aromatic heterocycles. The molecule has 1 saturated heterocycles. The fraction of sp³-hybridized carbons (Fsp3) is 0.458. The maximum Gasteiger partial charge on any atom is 0.245 e. The molecule has 0 radical (unpaired) electrons. The number of nitrogens with zero attached hydrogens (tertiary/aromatic N) is 3. The Kier molecular flexibility index (Phi) is 6.05. The molecule has 1 N–H and O–H groups in total. The molecule has 0 atom stereocenters. The monoisotopic (exact) mass is 470 g/mol. The number of aromatic nitrogens is 1. The summed E-state index contributed by atoms with van der Waals surface area (Å²) in [6.45, 7) is 8.30. The number of sulfonamides is 1. The Hall–Kier alpha value is -2.78. The second kappa shape index (κ2) is 8.53. The topological polar surface area (TPSA) is 99.7 Å². The van der Waals surface area contributed by atoms with Gasteiger partial charge in [0.15, 0.2) is 0 Å². The molecule has 1 fully saturated rings. The molecule has 0 bridgehead atoms. The molecule has 2 aromatic rings. The molecule has 2 amide bonds. The molecular formula is C24H30N4O4S. The van der Waals surface area contributed by atoms with Gasteiger partial charge in [-0.05, 0) is 75.4 Å². The van der Waals surface area contributed by atoms with Gasteiger partial charge in [0.05, 0.1) is 10.3 Å². The summed E-state index contributed by atoms with van der Waals surface area (Å²) in [6.07, 6.45) is 1.68. The standard InChI is InChI=1S/C24H30N4O4S/c1-16-10-12-27(13-11-16)33(31,32)18-8-9-20-19(14-18)24(3,4)23(30)28(20)15-22(29)26-21-7-5-6-17(2)25-21/h5-9,14,16H,10-13,15H2,1-4H3,(H,25,26,29). The van der Waals surface area contributed by atoms with Gasteiger partial charge in [-0.25, -0.2) is 13.4 Å². The Morgan fingerprint density at radius 3 is 2.55 bits per heavy atom. The number of hydrogen-bond donors (Lipinski definition) is 1. The quantitative estimate of drug-likeness (QED) is 0.724. The van der Waals surface area contributed by atoms with Gasteiger partial charge in [-0.3, -0.25) is 9.59 Å². The van der Waals surface area contributed by atoms with Gasteiger partial charge in [0.2, 0.25) is 21.8 Å². The van der Waals surface area contributed by atoms with Gasteiger partial charge in [-0.2, -0.15) is 4.31 Å². The average Bonchev–Trinajstić information content (AvgIpc) is 2.94. The molecular weight excluding hydrogens is 440 g/mol. The number of benzene rings is 1. The van der Waals surface area contributed by atoms with Crippen molar-refractivity contribution in [1.29, 1.82) is 0 Å². The van der Waals surface area contributed by atoms with Crippen LogP contribution in [0.3, 0.4) is 0 Å². The summed E-state index contributed by atoms with van der Waals surface area (Å²) in [5, 5.41) is 2.72. The molecule has 8 nitrogen and oxygen atoms in total. The zero-order chi connectivity index (χ0) is 24.0. The normalized spacial score (nSPS) is 18.9. The number of piperidine rings is 1. The van der Waals surface area contributed by atoms with Crippen LogP contribution in [0, 0.1) is 12.8 Å². The van der Waals surface area contributed by atoms with Crippen molar-refractivity contribution in [3.63, 3.8) is 0 Å². The van der Waals surface area contributed by atoms with E-state index in [-0.39, 0.29) is 23.3 Å². The maximum absolute atomic E-state index is 13.2. The maximum atomic E-state index is 13.2. The van der Waals surface area contributed by atoms with Crippen molar-refractivity contribution in [2.75, 3.05) is 29.9 Å². The first kappa shape index (κ1) is 23.4. The van der Waals surface area contributed by atoms with Gasteiger partial charge in [0, 0.05) is 24.5 Å². The summed E-state index contributed by atoms with van der Waals surface area (Å²) in [7, 11) is -3.64. The molecule has 9 heteroatoms. The number of pyridine rings is 1. The summed E-state index contributed by atoms with van der Waals surface area (Å²) in [5.74, 6) is 0.321. The van der Waals surface area contributed by atoms with Crippen molar-refractivity contribution in [3.05, 3.63) is 47.7 Å². The summed E-state index contributed by atoms with van der Waals surface area (Å²) >= 11 is 0. The fourth-order valence-corrected chi connectivity index (χ4v) is 5.94. The number of amides is 2. The van der Waals surface area contributed by atoms with Crippen LogP contribution in [0.25, 0.3) is 0 Å². The Labute approximate surface area is 195 Å². The van der Waals surface area contributed by atoms with Gasteiger partial charge in [0.1, 0.15) is 12.4 Å². The highest BCUT2D eigenvalue weighted by Gasteiger charge is 2.45. The predicted molar refractivity (Wildman–Crippen MR) is 127 cm³/mol. The van der Waals surface area contributed by atoms with E-state index in [4.69, 9.17) is 0 Å². The summed E-state index contributed by atoms with van der Waals surface area (Å²) in [6, 6.07) is 10.1. The first-order valence-corrected chi connectivity index (χ1v) is 12.6. The fourth-order valence-electron chi connectivity index (χ4n) is 4.44. The van der Waals surface area contributed by atoms with Crippen molar-refractivity contribution in [2.24, 2.45) is 5.92 Å². The van der Waals surface area contributed by atoms with Crippen LogP contribution in [0.4, 0.5) is 11.5 Å². The van der Waals surface area contributed by atoms with E-state index in [0.717, 1.165) is 18.5 Å². The van der Waals surface area contributed by atoms with Gasteiger partial charge in [-0.1, -0.05) is 13.0 Å². The van der Waals surface area contributed by atoms with Crippen LogP contribution in [-0.4, -0.2) is 49.2 Å². The molecule has 3 heterocycles. The Morgan fingerprint density at radius 1 is 1.18 bits per heavy atom. The molecule has 1 aromatic carbocycles. The summed E-state index contributed by atoms with van der Waals surface area (Å²) < 4.78 is 28.0. The average molecular weight is 471 g/mol. The molecule has 0 spiro atoms. The smallest absolute Gasteiger partial charge is 0.245 e. The van der Waals surface area contributed by atoms with E-state index < -0.39 is 15.4 Å². The van der Waals surface area contributed by atoms with Crippen LogP contribution in [0.2, 0.25) is 0 Å². The Morgan fingerprint density at radius 2 is 1.88 bits per heavy atom. The van der Waals surface area contributed by atoms with Crippen molar-refractivity contribution in [1.82, 2.24) is 9.29 Å². The second-order valence-electron chi connectivity index (χ2n) is 9.49. The Balaban J connectivity index is 1.59. The predicted octanol–water partition coefficient (Wildman–Crippen LogP) is 3.07. The van der Waals surface area contributed by atoms with Gasteiger partial charge in [0.25, 0.3) is 0 Å². The second-order valence-corrected chi connectivity index (χ2v) is 11.4. The highest BCUT2D eigenvalue weighted by atomic mass is 32.2. The van der Waals surface area contributed by atoms with E-state index in [1.807, 2.05) is 13.0 Å². The highest BCUT2D eigenvalue weighted by Crippen LogP contribution is 2.43. The lowest BCUT2D eigenvalue weighted by Gasteiger charge is -2.29. The zero-order valence-electron chi connectivity index (χ0n) is 19.5. The third-order valence-corrected chi connectivity index (χ3v) is 8.44. The number of carbonyl (C=O) groups is 2. The number of carbonyl (C=O) groups excluding carboxylic acids is 2. The van der Waals surface area contributed by atoms with Crippen LogP contribution < -0.4 is 10.2 Å². The number of hydrogen-bond acceptors (Lipinski definition) is 5. The minimum atomic E-state index is -3.64. The van der Waals surface area contributed by atoms with Gasteiger partial charge in [-0.15, -0.1) is 0 Å². The molecule has 33 heavy (non-hydrogen) atoms. The lowest BCUT2D eigenvalue weighted by atomic mass is 9.86. The number of rotatable bonds is 5. The molecule has 4 rings (SSSR count). The minimum Gasteiger partial charge on any atom is -0.309 e. The minimum absolute atomic E-state index is 0.180. The third kappa shape index (κ3) is 4.39. The SMILES string of the molecule is Cc1cccc(NC(=O)CN2C(=O)C(C)(C)c3cc(S(=O)(=O)N4CCC(C)CC4)ccc32)n1. The van der Waals surface area contributed by atoms with Crippen LogP contribution >= 0.6 is 0 Å². The largest absolute Gasteiger partial charge is 0.309 e. The van der Waals surface area contributed by atoms with E-state index in [9.17, 15) is 18.0 Å². The molecule has 0 aliphatic carbocycles. The highest BCUT2D eigenvalue weighted by molar-refractivity contribution is 7.89. The van der Waals surface area contributed by atoms with E-state index in [2.05, 4.69) is 17.2 Å². The van der Waals surface area contributed by atoms with Crippen molar-refractivity contribution < 1.29 is 18.0 Å². The first-order chi connectivity index (χ1) is 15.5. The summed E-state index contributed by atoms with van der Waals surface area (Å²) in [5.41, 5.74) is 0.997. The van der Waals surface area contributed by atoms with Crippen LogP contribution in [0.1, 0.15) is 44.9 Å². The van der Waals surface area contributed by atoms with Gasteiger partial charge >= 0.3 is 0 Å². The molecule has 2 aliphatic rings. The lowest BCUT2D eigenvalue weighted by Crippen LogP contribution is -2.40. The number of fused-ring (bicyclic) bond motifs is 1. The van der Waals surface area contributed by atoms with E-state index in [1.54, 1.807) is 38.1 Å². The van der Waals surface area contributed by atoms with Crippen molar-refractivity contribution in [2.45, 2.75) is 50.8 Å². The van der Waals surface area contributed by atoms with Gasteiger partial charge < -0.3 is 10.2 Å². The molecule has 176 valence electrons. The molecule has 2 aliphatic heterocycles. The van der Waals surface area contributed by atoms with E-state index in [1.165, 1.54) is 15.3 Å². The van der Waals surface area contributed by atoms with Crippen LogP contribution in [-0.2, 0) is 25.0 Å². The zero-order valence-corrected chi connectivity index (χ0v) is 20.3. The van der Waals surface area contributed by atoms with Crippen molar-refractivity contribution in [3.8, 4) is 0 Å². The lowest BCUT2D eigenvalue weighted by molar-refractivity contribution is -0.124. The first-order valence-electron chi connectivity index (χ1n) is 11.2. The summed E-state index contributed by atoms with van der Waals surface area (Å²) in [4.78, 5) is 31.7. The number of anilines is 2. The van der Waals surface area contributed by atoms with E-state index >= 15 is 0 Å². The number of nitrogens with one attached hydrogen (secondary N) is 1. The van der Waals surface area contributed by atoms with Crippen LogP contribution in [0.15, 0.2) is 41.3 Å². The third-order valence-electron chi connectivity index (χ3n) is 6.55. The van der Waals surface area contributed by atoms with Crippen molar-refractivity contribution >= 4 is 33.3 Å². The van der Waals surface area contributed by atoms with Crippen LogP contribution in [0.5, 0.6) is 0 Å². The molecule has 0 unspecified atom stereocenters. The van der Waals surface area contributed by atoms with E-state index in [0.29, 0.717) is 36.1 Å². The molecule has 0 saturated carbocycles. The Bertz CT molecular complexity index is 1200. The number of aryl methyl sites for hydroxylation is 1.